The first-order valence-corrected chi connectivity index (χ1v) is 25.9. The molecule has 0 aliphatic heterocycles. The standard InChI is InChI=1S/C62H52N10O4/c73-61(41-27-31-51-53(37-41)47-23-13-15-25-49(47)59(51)67-71(43-19-9-7-10-20-43)45-29-33-55-57(39-45)65-69-63-55)75-35-17-5-3-1-2-4-6-18-36-76-62(74)42-28-32-52-54(38-42)48-24-14-16-26-50(48)60(52)68-72(44-21-11-8-12-22-44)46-30-34-56-58(40-46)66-70-64-56/h7-16,19-34,37-40H,1-6,17-18,35-36H2,(H,63,65,69)(H,64,66,70). The highest BCUT2D eigenvalue weighted by Crippen LogP contribution is 2.41. The summed E-state index contributed by atoms with van der Waals surface area (Å²) in [4.78, 5) is 26.8. The average molecular weight is 1000 g/mol. The first-order valence-electron chi connectivity index (χ1n) is 25.9. The second-order valence-electron chi connectivity index (χ2n) is 18.9. The number of anilines is 4. The molecule has 2 aliphatic rings. The van der Waals surface area contributed by atoms with E-state index in [1.165, 1.54) is 0 Å². The molecular weight excluding hydrogens is 949 g/mol. The van der Waals surface area contributed by atoms with E-state index in [9.17, 15) is 9.59 Å². The van der Waals surface area contributed by atoms with Crippen molar-refractivity contribution in [2.45, 2.75) is 51.4 Å². The van der Waals surface area contributed by atoms with Crippen molar-refractivity contribution >= 4 is 68.2 Å². The number of unbranched alkanes of at least 4 members (excludes halogenated alkanes) is 7. The van der Waals surface area contributed by atoms with E-state index in [1.807, 2.05) is 168 Å². The molecule has 10 aromatic rings. The van der Waals surface area contributed by atoms with Gasteiger partial charge in [0.1, 0.15) is 22.1 Å². The summed E-state index contributed by atoms with van der Waals surface area (Å²) in [6, 6.07) is 59.6. The molecule has 0 unspecified atom stereocenters. The van der Waals surface area contributed by atoms with Crippen LogP contribution < -0.4 is 10.0 Å². The predicted molar refractivity (Wildman–Crippen MR) is 297 cm³/mol. The minimum Gasteiger partial charge on any atom is -0.462 e. The van der Waals surface area contributed by atoms with Crippen molar-refractivity contribution in [2.24, 2.45) is 10.2 Å². The van der Waals surface area contributed by atoms with Crippen molar-refractivity contribution in [1.29, 1.82) is 0 Å². The lowest BCUT2D eigenvalue weighted by molar-refractivity contribution is 0.0487. The van der Waals surface area contributed by atoms with Crippen molar-refractivity contribution in [3.63, 3.8) is 0 Å². The van der Waals surface area contributed by atoms with Gasteiger partial charge in [0.25, 0.3) is 0 Å². The molecule has 0 fully saturated rings. The Morgan fingerprint density at radius 3 is 1.16 bits per heavy atom. The number of para-hydroxylation sites is 2. The number of carbonyl (C=O) groups excluding carboxylic acids is 2. The molecule has 0 radical (unpaired) electrons. The van der Waals surface area contributed by atoms with Crippen LogP contribution in [-0.4, -0.2) is 67.4 Å². The molecule has 0 bridgehead atoms. The average Bonchev–Trinajstić information content (AvgIpc) is 4.31. The van der Waals surface area contributed by atoms with Gasteiger partial charge in [-0.1, -0.05) is 136 Å². The number of hydrogen-bond donors (Lipinski definition) is 2. The van der Waals surface area contributed by atoms with Gasteiger partial charge in [-0.05, 0) is 120 Å². The van der Waals surface area contributed by atoms with Crippen molar-refractivity contribution in [2.75, 3.05) is 23.2 Å². The first kappa shape index (κ1) is 47.4. The Bertz CT molecular complexity index is 3560. The number of nitrogens with zero attached hydrogens (tertiary/aromatic N) is 8. The zero-order valence-electron chi connectivity index (χ0n) is 41.6. The monoisotopic (exact) mass is 1000 g/mol. The van der Waals surface area contributed by atoms with Crippen LogP contribution in [0.25, 0.3) is 44.3 Å². The number of rotatable bonds is 19. The summed E-state index contributed by atoms with van der Waals surface area (Å²) < 4.78 is 11.6. The Morgan fingerprint density at radius 1 is 0.355 bits per heavy atom. The molecule has 14 heteroatoms. The molecular formula is C62H52N10O4. The number of hydrazone groups is 2. The van der Waals surface area contributed by atoms with Crippen LogP contribution in [0.1, 0.15) is 94.3 Å². The fraction of sp³-hybridized carbons (Fsp3) is 0.161. The Hall–Kier alpha value is -9.56. The van der Waals surface area contributed by atoms with Gasteiger partial charge in [-0.15, -0.1) is 0 Å². The van der Waals surface area contributed by atoms with Crippen molar-refractivity contribution in [3.05, 3.63) is 215 Å². The Labute approximate surface area is 438 Å². The predicted octanol–water partition coefficient (Wildman–Crippen LogP) is 13.5. The van der Waals surface area contributed by atoms with Crippen LogP contribution in [-0.2, 0) is 9.47 Å². The number of H-pyrrole nitrogens is 2. The number of esters is 2. The van der Waals surface area contributed by atoms with Crippen LogP contribution in [0, 0.1) is 0 Å². The number of aromatic amines is 2. The van der Waals surface area contributed by atoms with Gasteiger partial charge in [-0.3, -0.25) is 0 Å². The molecule has 0 amide bonds. The Balaban J connectivity index is 0.599. The highest BCUT2D eigenvalue weighted by Gasteiger charge is 2.29. The molecule has 76 heavy (non-hydrogen) atoms. The second-order valence-corrected chi connectivity index (χ2v) is 18.9. The number of nitrogens with one attached hydrogen (secondary N) is 2. The summed E-state index contributed by atoms with van der Waals surface area (Å²) in [7, 11) is 0. The van der Waals surface area contributed by atoms with E-state index in [0.29, 0.717) is 24.3 Å². The summed E-state index contributed by atoms with van der Waals surface area (Å²) in [5, 5.41) is 36.9. The highest BCUT2D eigenvalue weighted by molar-refractivity contribution is 6.26. The van der Waals surface area contributed by atoms with E-state index in [4.69, 9.17) is 19.7 Å². The van der Waals surface area contributed by atoms with Gasteiger partial charge in [0.05, 0.1) is 58.5 Å². The fourth-order valence-electron chi connectivity index (χ4n) is 10.1. The van der Waals surface area contributed by atoms with Crippen molar-refractivity contribution in [1.82, 2.24) is 30.8 Å². The summed E-state index contributed by atoms with van der Waals surface area (Å²) >= 11 is 0. The van der Waals surface area contributed by atoms with E-state index in [0.717, 1.165) is 152 Å². The summed E-state index contributed by atoms with van der Waals surface area (Å²) in [6.45, 7) is 0.736. The molecule has 8 aromatic carbocycles. The first-order chi connectivity index (χ1) is 37.5. The minimum atomic E-state index is -0.330. The van der Waals surface area contributed by atoms with Gasteiger partial charge >= 0.3 is 11.9 Å². The number of hydrogen-bond acceptors (Lipinski definition) is 12. The highest BCUT2D eigenvalue weighted by atomic mass is 16.5. The van der Waals surface area contributed by atoms with Crippen molar-refractivity contribution < 1.29 is 19.1 Å². The Kier molecular flexibility index (Phi) is 13.4. The largest absolute Gasteiger partial charge is 0.462 e. The van der Waals surface area contributed by atoms with Gasteiger partial charge < -0.3 is 9.47 Å². The molecule has 12 rings (SSSR count). The molecule has 0 spiro atoms. The normalized spacial score (nSPS) is 13.2. The SMILES string of the molecule is O=C(OCCCCCCCCCCOC(=O)c1ccc2c(c1)-c1ccccc1C2=NN(c1ccccc1)c1ccc2n[nH]nc2c1)c1ccc2c(c1)-c1ccccc1C2=NN(c1ccccc1)c1ccc2n[nH]nc2c1. The molecule has 14 nitrogen and oxygen atoms in total. The summed E-state index contributed by atoms with van der Waals surface area (Å²) in [5.74, 6) is -0.660. The minimum absolute atomic E-state index is 0.330. The van der Waals surface area contributed by atoms with Gasteiger partial charge in [0.15, 0.2) is 0 Å². The van der Waals surface area contributed by atoms with E-state index >= 15 is 0 Å². The van der Waals surface area contributed by atoms with Crippen LogP contribution in [0.5, 0.6) is 0 Å². The Morgan fingerprint density at radius 2 is 0.724 bits per heavy atom. The summed E-state index contributed by atoms with van der Waals surface area (Å²) in [5.41, 5.74) is 16.9. The quantitative estimate of drug-likeness (QED) is 0.0452. The van der Waals surface area contributed by atoms with Crippen LogP contribution in [0.4, 0.5) is 22.7 Å². The van der Waals surface area contributed by atoms with E-state index in [-0.39, 0.29) is 11.9 Å². The summed E-state index contributed by atoms with van der Waals surface area (Å²) in [6.07, 6.45) is 7.89. The van der Waals surface area contributed by atoms with E-state index < -0.39 is 0 Å². The van der Waals surface area contributed by atoms with Crippen molar-refractivity contribution in [3.8, 4) is 22.3 Å². The molecule has 2 aliphatic carbocycles. The second kappa shape index (κ2) is 21.5. The van der Waals surface area contributed by atoms with Crippen LogP contribution in [0.15, 0.2) is 192 Å². The zero-order valence-corrected chi connectivity index (χ0v) is 41.6. The lowest BCUT2D eigenvalue weighted by Gasteiger charge is -2.21. The van der Waals surface area contributed by atoms with Crippen LogP contribution >= 0.6 is 0 Å². The molecule has 2 aromatic heterocycles. The van der Waals surface area contributed by atoms with Crippen LogP contribution in [0.3, 0.4) is 0 Å². The number of carbonyl (C=O) groups is 2. The van der Waals surface area contributed by atoms with E-state index in [1.54, 1.807) is 0 Å². The molecule has 374 valence electrons. The lowest BCUT2D eigenvalue weighted by atomic mass is 10.0. The van der Waals surface area contributed by atoms with Crippen LogP contribution in [0.2, 0.25) is 0 Å². The third kappa shape index (κ3) is 9.71. The number of ether oxygens (including phenoxy) is 2. The van der Waals surface area contributed by atoms with Gasteiger partial charge in [0.2, 0.25) is 0 Å². The van der Waals surface area contributed by atoms with Gasteiger partial charge in [-0.25, -0.2) is 19.6 Å². The fourth-order valence-corrected chi connectivity index (χ4v) is 10.1. The smallest absolute Gasteiger partial charge is 0.338 e. The number of aromatic nitrogens is 6. The third-order valence-corrected chi connectivity index (χ3v) is 14.0. The number of fused-ring (bicyclic) bond motifs is 8. The maximum atomic E-state index is 13.4. The molecule has 0 saturated carbocycles. The topological polar surface area (TPSA) is 167 Å². The van der Waals surface area contributed by atoms with Gasteiger partial charge in [0, 0.05) is 22.3 Å². The molecule has 2 N–H and O–H groups in total. The lowest BCUT2D eigenvalue weighted by Crippen LogP contribution is -2.14. The molecule has 0 saturated heterocycles. The molecule has 0 atom stereocenters. The number of benzene rings is 8. The maximum Gasteiger partial charge on any atom is 0.338 e. The third-order valence-electron chi connectivity index (χ3n) is 14.0. The maximum absolute atomic E-state index is 13.4. The molecule has 2 heterocycles. The van der Waals surface area contributed by atoms with Gasteiger partial charge in [-0.2, -0.15) is 41.0 Å². The van der Waals surface area contributed by atoms with E-state index in [2.05, 4.69) is 55.1 Å². The zero-order chi connectivity index (χ0) is 51.2.